The van der Waals surface area contributed by atoms with E-state index in [1.165, 1.54) is 12.1 Å². The molecule has 0 saturated heterocycles. The predicted octanol–water partition coefficient (Wildman–Crippen LogP) is 3.44. The lowest BCUT2D eigenvalue weighted by atomic mass is 9.95. The minimum absolute atomic E-state index is 0.0291. The van der Waals surface area contributed by atoms with Crippen LogP contribution in [-0.2, 0) is 0 Å². The van der Waals surface area contributed by atoms with E-state index in [1.54, 1.807) is 6.07 Å². The Morgan fingerprint density at radius 1 is 1.50 bits per heavy atom. The number of hydrogen-bond donors (Lipinski definition) is 2. The molecule has 108 valence electrons. The summed E-state index contributed by atoms with van der Waals surface area (Å²) in [5.41, 5.74) is -0.398. The largest absolute Gasteiger partial charge is 0.396 e. The third-order valence-electron chi connectivity index (χ3n) is 2.95. The van der Waals surface area contributed by atoms with Crippen LogP contribution in [0.15, 0.2) is 18.2 Å². The Labute approximate surface area is 125 Å². The van der Waals surface area contributed by atoms with Gasteiger partial charge in [-0.2, -0.15) is 0 Å². The fraction of sp³-hybridized carbons (Fsp3) is 0.357. The fourth-order valence-electron chi connectivity index (χ4n) is 1.64. The number of thiophene rings is 1. The van der Waals surface area contributed by atoms with Crippen molar-refractivity contribution in [1.82, 2.24) is 5.32 Å². The van der Waals surface area contributed by atoms with Gasteiger partial charge in [-0.3, -0.25) is 4.79 Å². The van der Waals surface area contributed by atoms with Crippen molar-refractivity contribution in [2.45, 2.75) is 13.8 Å². The zero-order valence-corrected chi connectivity index (χ0v) is 12.7. The molecule has 0 spiro atoms. The minimum atomic E-state index is -0.398. The quantitative estimate of drug-likeness (QED) is 0.908. The van der Waals surface area contributed by atoms with Crippen LogP contribution in [0.2, 0.25) is 5.02 Å². The highest BCUT2D eigenvalue weighted by molar-refractivity contribution is 7.21. The van der Waals surface area contributed by atoms with Crippen LogP contribution in [0.5, 0.6) is 0 Å². The van der Waals surface area contributed by atoms with E-state index in [0.717, 1.165) is 11.3 Å². The van der Waals surface area contributed by atoms with E-state index in [1.807, 2.05) is 13.8 Å². The van der Waals surface area contributed by atoms with E-state index in [9.17, 15) is 9.18 Å². The first-order valence-corrected chi connectivity index (χ1v) is 7.30. The van der Waals surface area contributed by atoms with Crippen LogP contribution < -0.4 is 5.32 Å². The molecule has 0 aliphatic rings. The smallest absolute Gasteiger partial charge is 0.262 e. The maximum Gasteiger partial charge on any atom is 0.262 e. The minimum Gasteiger partial charge on any atom is -0.396 e. The van der Waals surface area contributed by atoms with E-state index in [0.29, 0.717) is 26.5 Å². The van der Waals surface area contributed by atoms with Gasteiger partial charge < -0.3 is 10.4 Å². The van der Waals surface area contributed by atoms with E-state index in [-0.39, 0.29) is 18.3 Å². The van der Waals surface area contributed by atoms with Gasteiger partial charge in [0.2, 0.25) is 0 Å². The summed E-state index contributed by atoms with van der Waals surface area (Å²) in [5, 5.41) is 12.9. The molecular formula is C14H15ClFNO2S. The van der Waals surface area contributed by atoms with Gasteiger partial charge >= 0.3 is 0 Å². The van der Waals surface area contributed by atoms with Crippen LogP contribution in [-0.4, -0.2) is 24.2 Å². The lowest BCUT2D eigenvalue weighted by Crippen LogP contribution is -2.35. The Hall–Kier alpha value is -1.17. The number of carbonyl (C=O) groups excluding carboxylic acids is 1. The summed E-state index contributed by atoms with van der Waals surface area (Å²) in [6, 6.07) is 4.25. The second-order valence-electron chi connectivity index (χ2n) is 5.39. The molecule has 1 aromatic carbocycles. The number of aliphatic hydroxyl groups excluding tert-OH is 1. The average Bonchev–Trinajstić information content (AvgIpc) is 2.73. The highest BCUT2D eigenvalue weighted by Crippen LogP contribution is 2.35. The summed E-state index contributed by atoms with van der Waals surface area (Å²) in [4.78, 5) is 12.5. The molecule has 6 heteroatoms. The monoisotopic (exact) mass is 315 g/mol. The zero-order chi connectivity index (χ0) is 14.9. The molecule has 0 aliphatic heterocycles. The van der Waals surface area contributed by atoms with E-state index in [4.69, 9.17) is 16.7 Å². The van der Waals surface area contributed by atoms with Crippen LogP contribution in [0.3, 0.4) is 0 Å². The van der Waals surface area contributed by atoms with Gasteiger partial charge in [0.15, 0.2) is 0 Å². The standard InChI is InChI=1S/C14H15ClFNO2S/c1-14(2,7-18)6-17-13(19)12-11(15)9-4-3-8(16)5-10(9)20-12/h3-5,18H,6-7H2,1-2H3,(H,17,19). The lowest BCUT2D eigenvalue weighted by molar-refractivity contribution is 0.0915. The number of rotatable bonds is 4. The molecule has 0 radical (unpaired) electrons. The molecule has 2 N–H and O–H groups in total. The predicted molar refractivity (Wildman–Crippen MR) is 80.0 cm³/mol. The molecule has 1 aromatic heterocycles. The molecule has 0 aliphatic carbocycles. The Kier molecular flexibility index (Phi) is 4.32. The maximum atomic E-state index is 13.2. The molecule has 0 saturated carbocycles. The summed E-state index contributed by atoms with van der Waals surface area (Å²) in [6.45, 7) is 3.99. The number of fused-ring (bicyclic) bond motifs is 1. The number of benzene rings is 1. The van der Waals surface area contributed by atoms with Crippen molar-refractivity contribution >= 4 is 38.9 Å². The van der Waals surface area contributed by atoms with Crippen molar-refractivity contribution in [3.8, 4) is 0 Å². The highest BCUT2D eigenvalue weighted by Gasteiger charge is 2.21. The summed E-state index contributed by atoms with van der Waals surface area (Å²) in [6.07, 6.45) is 0. The summed E-state index contributed by atoms with van der Waals surface area (Å²) in [5.74, 6) is -0.665. The Balaban J connectivity index is 2.24. The Bertz CT molecular complexity index is 654. The summed E-state index contributed by atoms with van der Waals surface area (Å²) < 4.78 is 13.8. The molecule has 2 aromatic rings. The van der Waals surface area contributed by atoms with E-state index in [2.05, 4.69) is 5.32 Å². The second-order valence-corrected chi connectivity index (χ2v) is 6.82. The van der Waals surface area contributed by atoms with Crippen LogP contribution in [0.4, 0.5) is 4.39 Å². The van der Waals surface area contributed by atoms with Gasteiger partial charge in [0.1, 0.15) is 10.7 Å². The topological polar surface area (TPSA) is 49.3 Å². The Morgan fingerprint density at radius 2 is 2.20 bits per heavy atom. The summed E-state index contributed by atoms with van der Waals surface area (Å²) >= 11 is 7.32. The maximum absolute atomic E-state index is 13.2. The second kappa shape index (κ2) is 5.68. The van der Waals surface area contributed by atoms with E-state index >= 15 is 0 Å². The SMILES string of the molecule is CC(C)(CO)CNC(=O)c1sc2cc(F)ccc2c1Cl. The first kappa shape index (κ1) is 15.2. The molecule has 0 unspecified atom stereocenters. The van der Waals surface area contributed by atoms with Gasteiger partial charge in [-0.05, 0) is 18.2 Å². The molecule has 1 heterocycles. The lowest BCUT2D eigenvalue weighted by Gasteiger charge is -2.21. The number of nitrogens with one attached hydrogen (secondary N) is 1. The van der Waals surface area contributed by atoms with Gasteiger partial charge in [0.05, 0.1) is 5.02 Å². The molecule has 1 amide bonds. The molecular weight excluding hydrogens is 301 g/mol. The molecule has 0 fully saturated rings. The average molecular weight is 316 g/mol. The zero-order valence-electron chi connectivity index (χ0n) is 11.2. The van der Waals surface area contributed by atoms with Gasteiger partial charge in [-0.1, -0.05) is 25.4 Å². The third-order valence-corrected chi connectivity index (χ3v) is 4.61. The first-order chi connectivity index (χ1) is 9.34. The highest BCUT2D eigenvalue weighted by atomic mass is 35.5. The Morgan fingerprint density at radius 3 is 2.85 bits per heavy atom. The van der Waals surface area contributed by atoms with E-state index < -0.39 is 5.41 Å². The van der Waals surface area contributed by atoms with Gasteiger partial charge in [0.25, 0.3) is 5.91 Å². The molecule has 2 rings (SSSR count). The van der Waals surface area contributed by atoms with Gasteiger partial charge in [-0.15, -0.1) is 11.3 Å². The molecule has 0 bridgehead atoms. The molecule has 20 heavy (non-hydrogen) atoms. The summed E-state index contributed by atoms with van der Waals surface area (Å²) in [7, 11) is 0. The van der Waals surface area contributed by atoms with Crippen molar-refractivity contribution < 1.29 is 14.3 Å². The van der Waals surface area contributed by atoms with Crippen LogP contribution >= 0.6 is 22.9 Å². The number of carbonyl (C=O) groups is 1. The van der Waals surface area contributed by atoms with Crippen molar-refractivity contribution in [1.29, 1.82) is 0 Å². The number of halogens is 2. The van der Waals surface area contributed by atoms with Crippen molar-refractivity contribution in [3.05, 3.63) is 33.9 Å². The number of hydrogen-bond acceptors (Lipinski definition) is 3. The van der Waals surface area contributed by atoms with Crippen LogP contribution in [0, 0.1) is 11.2 Å². The normalized spacial score (nSPS) is 11.8. The van der Waals surface area contributed by atoms with Crippen LogP contribution in [0.25, 0.3) is 10.1 Å². The molecule has 0 atom stereocenters. The number of amides is 1. The van der Waals surface area contributed by atoms with Gasteiger partial charge in [-0.25, -0.2) is 4.39 Å². The fourth-order valence-corrected chi connectivity index (χ4v) is 3.10. The first-order valence-electron chi connectivity index (χ1n) is 6.11. The van der Waals surface area contributed by atoms with Gasteiger partial charge in [0, 0.05) is 28.7 Å². The van der Waals surface area contributed by atoms with Crippen molar-refractivity contribution in [3.63, 3.8) is 0 Å². The van der Waals surface area contributed by atoms with Crippen molar-refractivity contribution in [2.24, 2.45) is 5.41 Å². The number of aliphatic hydroxyl groups is 1. The van der Waals surface area contributed by atoms with Crippen LogP contribution in [0.1, 0.15) is 23.5 Å². The molecule has 3 nitrogen and oxygen atoms in total. The van der Waals surface area contributed by atoms with Crippen molar-refractivity contribution in [2.75, 3.05) is 13.2 Å². The third kappa shape index (κ3) is 3.11.